The van der Waals surface area contributed by atoms with Gasteiger partial charge in [-0.2, -0.15) is 0 Å². The fourth-order valence-electron chi connectivity index (χ4n) is 4.86. The van der Waals surface area contributed by atoms with Crippen LogP contribution in [0, 0.1) is 12.8 Å². The largest absolute Gasteiger partial charge is 0.456 e. The Kier molecular flexibility index (Phi) is 4.96. The Morgan fingerprint density at radius 3 is 2.53 bits per heavy atom. The zero-order chi connectivity index (χ0) is 22.5. The molecular formula is C28H29NO3. The van der Waals surface area contributed by atoms with Crippen LogP contribution in [0.2, 0.25) is 0 Å². The van der Waals surface area contributed by atoms with E-state index < -0.39 is 5.60 Å². The van der Waals surface area contributed by atoms with Gasteiger partial charge in [0.05, 0.1) is 5.56 Å². The van der Waals surface area contributed by atoms with Crippen molar-refractivity contribution in [3.63, 3.8) is 0 Å². The van der Waals surface area contributed by atoms with E-state index in [2.05, 4.69) is 49.9 Å². The third-order valence-electron chi connectivity index (χ3n) is 6.57. The summed E-state index contributed by atoms with van der Waals surface area (Å²) >= 11 is 0. The van der Waals surface area contributed by atoms with Crippen LogP contribution in [0.4, 0.5) is 5.69 Å². The summed E-state index contributed by atoms with van der Waals surface area (Å²) in [6, 6.07) is 20.1. The Balaban J connectivity index is 1.69. The molecule has 1 unspecified atom stereocenters. The van der Waals surface area contributed by atoms with Crippen LogP contribution in [-0.4, -0.2) is 19.1 Å². The molecule has 2 heterocycles. The van der Waals surface area contributed by atoms with E-state index in [1.165, 1.54) is 0 Å². The number of ether oxygens (including phenoxy) is 2. The van der Waals surface area contributed by atoms with Gasteiger partial charge in [0.25, 0.3) is 0 Å². The van der Waals surface area contributed by atoms with Gasteiger partial charge in [-0.25, -0.2) is 4.79 Å². The number of nitrogens with zero attached hydrogens (tertiary/aromatic N) is 1. The number of esters is 1. The summed E-state index contributed by atoms with van der Waals surface area (Å²) < 4.78 is 12.7. The summed E-state index contributed by atoms with van der Waals surface area (Å²) in [5, 5.41) is 0. The zero-order valence-electron chi connectivity index (χ0n) is 19.1. The highest BCUT2D eigenvalue weighted by Gasteiger charge is 2.53. The van der Waals surface area contributed by atoms with E-state index in [1.54, 1.807) is 0 Å². The fraction of sp³-hybridized carbons (Fsp3) is 0.321. The fourth-order valence-corrected chi connectivity index (χ4v) is 4.86. The Morgan fingerprint density at radius 2 is 1.75 bits per heavy atom. The lowest BCUT2D eigenvalue weighted by Gasteiger charge is -2.37. The summed E-state index contributed by atoms with van der Waals surface area (Å²) in [7, 11) is 0. The van der Waals surface area contributed by atoms with E-state index >= 15 is 0 Å². The third kappa shape index (κ3) is 3.09. The van der Waals surface area contributed by atoms with Crippen molar-refractivity contribution < 1.29 is 14.3 Å². The van der Waals surface area contributed by atoms with Crippen molar-refractivity contribution in [3.05, 3.63) is 88.5 Å². The van der Waals surface area contributed by atoms with Gasteiger partial charge in [0.15, 0.2) is 5.60 Å². The second kappa shape index (κ2) is 7.70. The minimum Gasteiger partial charge on any atom is -0.456 e. The van der Waals surface area contributed by atoms with E-state index in [9.17, 15) is 4.79 Å². The van der Waals surface area contributed by atoms with E-state index in [0.29, 0.717) is 11.5 Å². The highest BCUT2D eigenvalue weighted by atomic mass is 16.6. The summed E-state index contributed by atoms with van der Waals surface area (Å²) in [4.78, 5) is 15.3. The Labute approximate surface area is 189 Å². The summed E-state index contributed by atoms with van der Waals surface area (Å²) in [6.07, 6.45) is 1.13. The maximum absolute atomic E-state index is 12.9. The maximum Gasteiger partial charge on any atom is 0.340 e. The molecule has 32 heavy (non-hydrogen) atoms. The number of benzene rings is 3. The van der Waals surface area contributed by atoms with Crippen molar-refractivity contribution in [2.24, 2.45) is 5.92 Å². The number of rotatable bonds is 5. The lowest BCUT2D eigenvalue weighted by atomic mass is 9.77. The van der Waals surface area contributed by atoms with Crippen LogP contribution in [0.3, 0.4) is 0 Å². The SMILES string of the molecule is CCN(CCC(C)C)c1ccc2c(c1)Oc1ccc(C)cc1C21OC(=O)c2ccccc21. The van der Waals surface area contributed by atoms with Gasteiger partial charge >= 0.3 is 5.97 Å². The Hall–Kier alpha value is -3.27. The molecular weight excluding hydrogens is 398 g/mol. The predicted octanol–water partition coefficient (Wildman–Crippen LogP) is 6.44. The van der Waals surface area contributed by atoms with Crippen LogP contribution < -0.4 is 9.64 Å². The molecule has 164 valence electrons. The van der Waals surface area contributed by atoms with Crippen LogP contribution in [0.25, 0.3) is 0 Å². The van der Waals surface area contributed by atoms with Gasteiger partial charge in [-0.1, -0.05) is 43.7 Å². The lowest BCUT2D eigenvalue weighted by molar-refractivity contribution is 0.0224. The van der Waals surface area contributed by atoms with Crippen molar-refractivity contribution in [1.82, 2.24) is 0 Å². The minimum absolute atomic E-state index is 0.294. The van der Waals surface area contributed by atoms with Crippen molar-refractivity contribution in [2.75, 3.05) is 18.0 Å². The highest BCUT2D eigenvalue weighted by Crippen LogP contribution is 2.56. The van der Waals surface area contributed by atoms with Crippen molar-refractivity contribution in [2.45, 2.75) is 39.7 Å². The van der Waals surface area contributed by atoms with Gasteiger partial charge in [-0.3, -0.25) is 0 Å². The number of fused-ring (bicyclic) bond motifs is 6. The Bertz CT molecular complexity index is 1200. The van der Waals surface area contributed by atoms with Gasteiger partial charge in [0, 0.05) is 41.5 Å². The van der Waals surface area contributed by atoms with Gasteiger partial charge in [0.2, 0.25) is 0 Å². The number of aryl methyl sites for hydroxylation is 1. The molecule has 0 amide bonds. The van der Waals surface area contributed by atoms with Crippen LogP contribution in [0.1, 0.15) is 59.8 Å². The van der Waals surface area contributed by atoms with Crippen LogP contribution in [0.5, 0.6) is 11.5 Å². The second-order valence-corrected chi connectivity index (χ2v) is 9.16. The molecule has 0 bridgehead atoms. The quantitative estimate of drug-likeness (QED) is 0.440. The topological polar surface area (TPSA) is 38.8 Å². The molecule has 5 rings (SSSR count). The molecule has 3 aromatic carbocycles. The molecule has 0 saturated carbocycles. The Morgan fingerprint density at radius 1 is 0.938 bits per heavy atom. The first-order valence-corrected chi connectivity index (χ1v) is 11.5. The predicted molar refractivity (Wildman–Crippen MR) is 127 cm³/mol. The molecule has 0 aromatic heterocycles. The van der Waals surface area contributed by atoms with E-state index in [4.69, 9.17) is 9.47 Å². The van der Waals surface area contributed by atoms with Gasteiger partial charge in [-0.15, -0.1) is 0 Å². The first-order chi connectivity index (χ1) is 15.4. The van der Waals surface area contributed by atoms with Gasteiger partial charge in [-0.05, 0) is 56.5 Å². The van der Waals surface area contributed by atoms with E-state index in [0.717, 1.165) is 59.0 Å². The zero-order valence-corrected chi connectivity index (χ0v) is 19.1. The lowest BCUT2D eigenvalue weighted by Crippen LogP contribution is -2.33. The molecule has 0 aliphatic carbocycles. The summed E-state index contributed by atoms with van der Waals surface area (Å²) in [6.45, 7) is 10.6. The standard InChI is InChI=1S/C28H29NO3/c1-5-29(15-14-18(2)3)20-11-12-23-26(17-20)31-25-13-10-19(4)16-24(25)28(23)22-9-7-6-8-21(22)27(30)32-28/h6-13,16-18H,5,14-15H2,1-4H3. The molecule has 0 radical (unpaired) electrons. The van der Waals surface area contributed by atoms with Crippen molar-refractivity contribution in [3.8, 4) is 11.5 Å². The summed E-state index contributed by atoms with van der Waals surface area (Å²) in [5.74, 6) is 1.82. The first kappa shape index (κ1) is 20.6. The molecule has 0 N–H and O–H groups in total. The summed E-state index contributed by atoms with van der Waals surface area (Å²) in [5.41, 5.74) is 4.47. The van der Waals surface area contributed by atoms with E-state index in [-0.39, 0.29) is 5.97 Å². The molecule has 3 aromatic rings. The molecule has 2 aliphatic heterocycles. The molecule has 1 atom stereocenters. The normalized spacial score (nSPS) is 18.1. The molecule has 2 aliphatic rings. The van der Waals surface area contributed by atoms with Crippen LogP contribution in [-0.2, 0) is 10.3 Å². The number of hydrogen-bond donors (Lipinski definition) is 0. The van der Waals surface area contributed by atoms with Crippen molar-refractivity contribution in [1.29, 1.82) is 0 Å². The van der Waals surface area contributed by atoms with Crippen LogP contribution in [0.15, 0.2) is 60.7 Å². The monoisotopic (exact) mass is 427 g/mol. The first-order valence-electron chi connectivity index (χ1n) is 11.5. The van der Waals surface area contributed by atoms with E-state index in [1.807, 2.05) is 43.3 Å². The minimum atomic E-state index is -0.990. The molecule has 0 saturated heterocycles. The smallest absolute Gasteiger partial charge is 0.340 e. The number of hydrogen-bond acceptors (Lipinski definition) is 4. The van der Waals surface area contributed by atoms with Gasteiger partial charge in [0.1, 0.15) is 11.5 Å². The number of carbonyl (C=O) groups is 1. The maximum atomic E-state index is 12.9. The molecule has 1 spiro atoms. The van der Waals surface area contributed by atoms with Gasteiger partial charge < -0.3 is 14.4 Å². The third-order valence-corrected chi connectivity index (χ3v) is 6.57. The number of carbonyl (C=O) groups excluding carboxylic acids is 1. The molecule has 0 fully saturated rings. The highest BCUT2D eigenvalue weighted by molar-refractivity contribution is 5.97. The molecule has 4 nitrogen and oxygen atoms in total. The average Bonchev–Trinajstić information content (AvgIpc) is 3.08. The van der Waals surface area contributed by atoms with Crippen molar-refractivity contribution >= 4 is 11.7 Å². The second-order valence-electron chi connectivity index (χ2n) is 9.16. The number of anilines is 1. The average molecular weight is 428 g/mol. The molecule has 4 heteroatoms. The van der Waals surface area contributed by atoms with Crippen LogP contribution >= 0.6 is 0 Å².